The molecule has 0 saturated heterocycles. The van der Waals surface area contributed by atoms with Crippen molar-refractivity contribution in [3.63, 3.8) is 0 Å². The van der Waals surface area contributed by atoms with Crippen molar-refractivity contribution in [2.24, 2.45) is 0 Å². The van der Waals surface area contributed by atoms with Gasteiger partial charge >= 0.3 is 0 Å². The zero-order valence-electron chi connectivity index (χ0n) is 11.5. The molecule has 2 rings (SSSR count). The van der Waals surface area contributed by atoms with Crippen LogP contribution in [0.2, 0.25) is 0 Å². The van der Waals surface area contributed by atoms with Gasteiger partial charge in [0.1, 0.15) is 5.75 Å². The smallest absolute Gasteiger partial charge is 0.196 e. The topological polar surface area (TPSA) is 37.3 Å². The Morgan fingerprint density at radius 2 is 1.42 bits per heavy atom. The lowest BCUT2D eigenvalue weighted by Crippen LogP contribution is -2.00. The van der Waals surface area contributed by atoms with Crippen molar-refractivity contribution in [2.75, 3.05) is 0 Å². The van der Waals surface area contributed by atoms with Gasteiger partial charge in [-0.15, -0.1) is 0 Å². The third-order valence-electron chi connectivity index (χ3n) is 2.68. The monoisotopic (exact) mass is 256 g/mol. The van der Waals surface area contributed by atoms with Crippen LogP contribution in [0.5, 0.6) is 5.75 Å². The van der Waals surface area contributed by atoms with Crippen LogP contribution in [0.1, 0.15) is 42.6 Å². The van der Waals surface area contributed by atoms with Gasteiger partial charge in [0.25, 0.3) is 0 Å². The minimum Gasteiger partial charge on any atom is -0.507 e. The second-order valence-electron chi connectivity index (χ2n) is 4.21. The summed E-state index contributed by atoms with van der Waals surface area (Å²) in [5.74, 6) is -0.139. The Morgan fingerprint density at radius 1 is 0.895 bits per heavy atom. The first kappa shape index (κ1) is 15.0. The van der Waals surface area contributed by atoms with Gasteiger partial charge in [0, 0.05) is 5.56 Å². The molecule has 2 nitrogen and oxygen atoms in total. The lowest BCUT2D eigenvalue weighted by molar-refractivity contribution is 0.103. The summed E-state index contributed by atoms with van der Waals surface area (Å²) in [4.78, 5) is 11.9. The Morgan fingerprint density at radius 3 is 1.95 bits per heavy atom. The van der Waals surface area contributed by atoms with Gasteiger partial charge in [-0.1, -0.05) is 69.2 Å². The fourth-order valence-corrected chi connectivity index (χ4v) is 1.41. The van der Waals surface area contributed by atoms with Crippen LogP contribution in [0.15, 0.2) is 54.6 Å². The molecule has 0 aliphatic heterocycles. The van der Waals surface area contributed by atoms with Gasteiger partial charge in [0.05, 0.1) is 5.56 Å². The summed E-state index contributed by atoms with van der Waals surface area (Å²) >= 11 is 0. The largest absolute Gasteiger partial charge is 0.507 e. The van der Waals surface area contributed by atoms with E-state index in [-0.39, 0.29) is 11.5 Å². The highest BCUT2D eigenvalue weighted by Gasteiger charge is 2.11. The summed E-state index contributed by atoms with van der Waals surface area (Å²) < 4.78 is 0. The number of carbonyl (C=O) groups is 1. The van der Waals surface area contributed by atoms with E-state index in [1.54, 1.807) is 42.5 Å². The summed E-state index contributed by atoms with van der Waals surface area (Å²) in [5.41, 5.74) is 0.919. The first-order valence-corrected chi connectivity index (χ1v) is 6.58. The number of para-hydroxylation sites is 1. The molecule has 100 valence electrons. The zero-order chi connectivity index (χ0) is 14.1. The molecular weight excluding hydrogens is 236 g/mol. The molecule has 0 spiro atoms. The molecule has 0 fully saturated rings. The van der Waals surface area contributed by atoms with Gasteiger partial charge in [0.2, 0.25) is 0 Å². The molecule has 0 aliphatic rings. The van der Waals surface area contributed by atoms with Crippen molar-refractivity contribution in [1.82, 2.24) is 0 Å². The third kappa shape index (κ3) is 4.59. The van der Waals surface area contributed by atoms with E-state index < -0.39 is 0 Å². The van der Waals surface area contributed by atoms with Crippen LogP contribution in [0, 0.1) is 0 Å². The van der Waals surface area contributed by atoms with Crippen molar-refractivity contribution in [1.29, 1.82) is 0 Å². The number of aromatic hydroxyl groups is 1. The quantitative estimate of drug-likeness (QED) is 0.825. The van der Waals surface area contributed by atoms with Crippen LogP contribution >= 0.6 is 0 Å². The molecule has 2 aromatic rings. The number of ketones is 1. The zero-order valence-corrected chi connectivity index (χ0v) is 11.5. The highest BCUT2D eigenvalue weighted by molar-refractivity contribution is 6.10. The van der Waals surface area contributed by atoms with Crippen LogP contribution in [0.3, 0.4) is 0 Å². The number of benzene rings is 2. The SMILES string of the molecule is CCCC.O=C(c1ccccc1)c1ccccc1O. The Balaban J connectivity index is 0.000000399. The van der Waals surface area contributed by atoms with Crippen molar-refractivity contribution in [3.8, 4) is 5.75 Å². The number of rotatable bonds is 3. The van der Waals surface area contributed by atoms with E-state index in [1.165, 1.54) is 18.9 Å². The molecule has 0 aromatic heterocycles. The third-order valence-corrected chi connectivity index (χ3v) is 2.68. The van der Waals surface area contributed by atoms with Crippen molar-refractivity contribution in [3.05, 3.63) is 65.7 Å². The van der Waals surface area contributed by atoms with Crippen LogP contribution in [-0.2, 0) is 0 Å². The molecular formula is C17H20O2. The highest BCUT2D eigenvalue weighted by atomic mass is 16.3. The molecule has 0 bridgehead atoms. The first-order valence-electron chi connectivity index (χ1n) is 6.58. The minimum atomic E-state index is -0.159. The van der Waals surface area contributed by atoms with Gasteiger partial charge in [-0.25, -0.2) is 0 Å². The maximum Gasteiger partial charge on any atom is 0.196 e. The number of unbranched alkanes of at least 4 members (excludes halogenated alkanes) is 1. The molecule has 1 N–H and O–H groups in total. The molecule has 2 heteroatoms. The van der Waals surface area contributed by atoms with E-state index in [4.69, 9.17) is 0 Å². The average molecular weight is 256 g/mol. The molecule has 0 radical (unpaired) electrons. The van der Waals surface area contributed by atoms with E-state index in [9.17, 15) is 9.90 Å². The molecule has 0 atom stereocenters. The van der Waals surface area contributed by atoms with E-state index in [1.807, 2.05) is 6.07 Å². The Labute approximate surface area is 114 Å². The Hall–Kier alpha value is -2.09. The maximum absolute atomic E-state index is 11.9. The van der Waals surface area contributed by atoms with Gasteiger partial charge in [-0.05, 0) is 12.1 Å². The molecule has 0 saturated carbocycles. The molecule has 19 heavy (non-hydrogen) atoms. The normalized spacial score (nSPS) is 9.37. The fourth-order valence-electron chi connectivity index (χ4n) is 1.41. The second kappa shape index (κ2) is 8.09. The number of phenols is 1. The first-order chi connectivity index (χ1) is 9.20. The molecule has 0 aliphatic carbocycles. The Kier molecular flexibility index (Phi) is 6.37. The lowest BCUT2D eigenvalue weighted by Gasteiger charge is -2.02. The minimum absolute atomic E-state index is 0.0198. The van der Waals surface area contributed by atoms with Gasteiger partial charge in [-0.2, -0.15) is 0 Å². The van der Waals surface area contributed by atoms with E-state index >= 15 is 0 Å². The number of hydrogen-bond acceptors (Lipinski definition) is 2. The van der Waals surface area contributed by atoms with Gasteiger partial charge in [0.15, 0.2) is 5.78 Å². The van der Waals surface area contributed by atoms with E-state index in [0.29, 0.717) is 11.1 Å². The van der Waals surface area contributed by atoms with Gasteiger partial charge < -0.3 is 5.11 Å². The standard InChI is InChI=1S/C13H10O2.C4H10/c14-12-9-5-4-8-11(12)13(15)10-6-2-1-3-7-10;1-3-4-2/h1-9,14H;3-4H2,1-2H3. The van der Waals surface area contributed by atoms with E-state index in [2.05, 4.69) is 13.8 Å². The summed E-state index contributed by atoms with van der Waals surface area (Å²) in [7, 11) is 0. The van der Waals surface area contributed by atoms with Crippen molar-refractivity contribution < 1.29 is 9.90 Å². The van der Waals surface area contributed by atoms with E-state index in [0.717, 1.165) is 0 Å². The lowest BCUT2D eigenvalue weighted by atomic mass is 10.0. The maximum atomic E-state index is 11.9. The predicted octanol–water partition coefficient (Wildman–Crippen LogP) is 4.43. The summed E-state index contributed by atoms with van der Waals surface area (Å²) in [6, 6.07) is 15.5. The van der Waals surface area contributed by atoms with Crippen LogP contribution in [0.4, 0.5) is 0 Å². The van der Waals surface area contributed by atoms with Gasteiger partial charge in [-0.3, -0.25) is 4.79 Å². The average Bonchev–Trinajstić information content (AvgIpc) is 2.48. The molecule has 0 amide bonds. The predicted molar refractivity (Wildman–Crippen MR) is 78.6 cm³/mol. The highest BCUT2D eigenvalue weighted by Crippen LogP contribution is 2.19. The fraction of sp³-hybridized carbons (Fsp3) is 0.235. The molecule has 0 unspecified atom stereocenters. The number of hydrogen-bond donors (Lipinski definition) is 1. The second-order valence-corrected chi connectivity index (χ2v) is 4.21. The van der Waals surface area contributed by atoms with Crippen molar-refractivity contribution in [2.45, 2.75) is 26.7 Å². The summed E-state index contributed by atoms with van der Waals surface area (Å²) in [6.45, 7) is 4.36. The Bertz CT molecular complexity index is 502. The number of carbonyl (C=O) groups excluding carboxylic acids is 1. The summed E-state index contributed by atoms with van der Waals surface area (Å²) in [6.07, 6.45) is 2.64. The molecule has 2 aromatic carbocycles. The van der Waals surface area contributed by atoms with Crippen molar-refractivity contribution >= 4 is 5.78 Å². The van der Waals surface area contributed by atoms with Crippen LogP contribution < -0.4 is 0 Å². The van der Waals surface area contributed by atoms with Crippen LogP contribution in [-0.4, -0.2) is 10.9 Å². The summed E-state index contributed by atoms with van der Waals surface area (Å²) in [5, 5.41) is 9.52. The number of phenolic OH excluding ortho intramolecular Hbond substituents is 1. The van der Waals surface area contributed by atoms with Crippen LogP contribution in [0.25, 0.3) is 0 Å². The molecule has 0 heterocycles.